The van der Waals surface area contributed by atoms with Crippen molar-refractivity contribution in [2.45, 2.75) is 13.5 Å². The average Bonchev–Trinajstić information content (AvgIpc) is 2.64. The molecular weight excluding hydrogens is 357 g/mol. The van der Waals surface area contributed by atoms with Crippen molar-refractivity contribution in [2.24, 2.45) is 0 Å². The number of aryl methyl sites for hydroxylation is 1. The predicted molar refractivity (Wildman–Crippen MR) is 92.6 cm³/mol. The molecule has 0 saturated carbocycles. The average molecular weight is 370 g/mol. The largest absolute Gasteiger partial charge is 0.489 e. The molecule has 1 heterocycles. The van der Waals surface area contributed by atoms with E-state index in [0.29, 0.717) is 22.4 Å². The molecule has 7 heteroatoms. The summed E-state index contributed by atoms with van der Waals surface area (Å²) in [6, 6.07) is 11.9. The highest BCUT2D eigenvalue weighted by molar-refractivity contribution is 5.70. The van der Waals surface area contributed by atoms with Crippen LogP contribution >= 0.6 is 0 Å². The van der Waals surface area contributed by atoms with Crippen LogP contribution in [0.1, 0.15) is 16.8 Å². The molecule has 136 valence electrons. The zero-order valence-electron chi connectivity index (χ0n) is 14.1. The van der Waals surface area contributed by atoms with E-state index in [1.165, 1.54) is 0 Å². The molecule has 0 aliphatic carbocycles. The molecule has 0 unspecified atom stereocenters. The molecular formula is C20H13F3N2O2. The molecule has 2 aromatic carbocycles. The van der Waals surface area contributed by atoms with Gasteiger partial charge in [0.05, 0.1) is 0 Å². The minimum absolute atomic E-state index is 0.00427. The first-order valence-corrected chi connectivity index (χ1v) is 7.89. The molecule has 0 fully saturated rings. The lowest BCUT2D eigenvalue weighted by Gasteiger charge is -2.09. The van der Waals surface area contributed by atoms with Crippen molar-refractivity contribution < 1.29 is 17.9 Å². The smallest absolute Gasteiger partial charge is 0.266 e. The first-order chi connectivity index (χ1) is 12.9. The number of ether oxygens (including phenoxy) is 1. The van der Waals surface area contributed by atoms with E-state index in [2.05, 4.69) is 4.98 Å². The Labute approximate surface area is 152 Å². The fourth-order valence-electron chi connectivity index (χ4n) is 2.59. The Morgan fingerprint density at radius 1 is 1.07 bits per heavy atom. The molecule has 0 saturated heterocycles. The van der Waals surface area contributed by atoms with Crippen LogP contribution in [0.4, 0.5) is 13.2 Å². The number of aromatic nitrogens is 1. The third kappa shape index (κ3) is 3.85. The summed E-state index contributed by atoms with van der Waals surface area (Å²) in [6.07, 6.45) is 0. The second kappa shape index (κ2) is 7.38. The Kier molecular flexibility index (Phi) is 4.99. The number of pyridine rings is 1. The summed E-state index contributed by atoms with van der Waals surface area (Å²) in [5.74, 6) is -4.33. The number of H-pyrrole nitrogens is 1. The standard InChI is InChI=1S/C20H13F3N2O2/c1-11-6-15(16(9-24)20(26)25-11)13-4-2-12(3-5-13)10-27-14-7-17(21)19(23)18(22)8-14/h2-8H,10H2,1H3,(H,25,26). The Balaban J connectivity index is 1.81. The predicted octanol–water partition coefficient (Wildman–Crippen LogP) is 4.22. The topological polar surface area (TPSA) is 65.9 Å². The maximum Gasteiger partial charge on any atom is 0.266 e. The molecule has 1 N–H and O–H groups in total. The Morgan fingerprint density at radius 2 is 1.70 bits per heavy atom. The van der Waals surface area contributed by atoms with Crippen molar-refractivity contribution in [2.75, 3.05) is 0 Å². The zero-order chi connectivity index (χ0) is 19.6. The lowest BCUT2D eigenvalue weighted by molar-refractivity contribution is 0.299. The summed E-state index contributed by atoms with van der Waals surface area (Å²) >= 11 is 0. The molecule has 0 bridgehead atoms. The molecule has 0 amide bonds. The number of aromatic amines is 1. The van der Waals surface area contributed by atoms with Gasteiger partial charge in [0.2, 0.25) is 0 Å². The lowest BCUT2D eigenvalue weighted by atomic mass is 10.00. The highest BCUT2D eigenvalue weighted by Gasteiger charge is 2.12. The van der Waals surface area contributed by atoms with E-state index in [4.69, 9.17) is 4.74 Å². The number of nitrogens with one attached hydrogen (secondary N) is 1. The van der Waals surface area contributed by atoms with Crippen molar-refractivity contribution in [1.29, 1.82) is 5.26 Å². The summed E-state index contributed by atoms with van der Waals surface area (Å²) in [5.41, 5.74) is 2.05. The van der Waals surface area contributed by atoms with Crippen LogP contribution in [-0.4, -0.2) is 4.98 Å². The monoisotopic (exact) mass is 370 g/mol. The van der Waals surface area contributed by atoms with Gasteiger partial charge >= 0.3 is 0 Å². The van der Waals surface area contributed by atoms with E-state index in [1.54, 1.807) is 37.3 Å². The van der Waals surface area contributed by atoms with Gasteiger partial charge < -0.3 is 9.72 Å². The summed E-state index contributed by atoms with van der Waals surface area (Å²) in [4.78, 5) is 14.5. The maximum atomic E-state index is 13.2. The fraction of sp³-hybridized carbons (Fsp3) is 0.100. The van der Waals surface area contributed by atoms with Crippen LogP contribution in [0.3, 0.4) is 0 Å². The van der Waals surface area contributed by atoms with Crippen LogP contribution < -0.4 is 10.3 Å². The van der Waals surface area contributed by atoms with Gasteiger partial charge in [0.15, 0.2) is 17.5 Å². The van der Waals surface area contributed by atoms with E-state index in [-0.39, 0.29) is 17.9 Å². The highest BCUT2D eigenvalue weighted by atomic mass is 19.2. The number of rotatable bonds is 4. The Hall–Kier alpha value is -3.53. The third-order valence-electron chi connectivity index (χ3n) is 3.91. The number of hydrogen-bond donors (Lipinski definition) is 1. The second-order valence-corrected chi connectivity index (χ2v) is 5.87. The quantitative estimate of drug-likeness (QED) is 0.700. The van der Waals surface area contributed by atoms with E-state index >= 15 is 0 Å². The van der Waals surface area contributed by atoms with Gasteiger partial charge in [-0.2, -0.15) is 5.26 Å². The van der Waals surface area contributed by atoms with Crippen molar-refractivity contribution in [3.8, 4) is 22.9 Å². The third-order valence-corrected chi connectivity index (χ3v) is 3.91. The van der Waals surface area contributed by atoms with Gasteiger partial charge in [-0.15, -0.1) is 0 Å². The molecule has 0 radical (unpaired) electrons. The van der Waals surface area contributed by atoms with Crippen LogP contribution in [0.5, 0.6) is 5.75 Å². The van der Waals surface area contributed by atoms with Crippen LogP contribution in [-0.2, 0) is 6.61 Å². The number of nitriles is 1. The highest BCUT2D eigenvalue weighted by Crippen LogP contribution is 2.24. The molecule has 0 spiro atoms. The molecule has 3 aromatic rings. The molecule has 3 rings (SSSR count). The molecule has 4 nitrogen and oxygen atoms in total. The number of halogens is 3. The summed E-state index contributed by atoms with van der Waals surface area (Å²) in [5, 5.41) is 9.20. The number of hydrogen-bond acceptors (Lipinski definition) is 3. The van der Waals surface area contributed by atoms with Crippen molar-refractivity contribution in [1.82, 2.24) is 4.98 Å². The first-order valence-electron chi connectivity index (χ1n) is 7.89. The van der Waals surface area contributed by atoms with Crippen LogP contribution in [0.25, 0.3) is 11.1 Å². The van der Waals surface area contributed by atoms with Crippen LogP contribution in [0, 0.1) is 35.7 Å². The van der Waals surface area contributed by atoms with Gasteiger partial charge in [0, 0.05) is 23.4 Å². The molecule has 0 atom stereocenters. The molecule has 0 aliphatic rings. The first kappa shape index (κ1) is 18.3. The van der Waals surface area contributed by atoms with E-state index in [1.807, 2.05) is 6.07 Å². The van der Waals surface area contributed by atoms with Crippen LogP contribution in [0.2, 0.25) is 0 Å². The zero-order valence-corrected chi connectivity index (χ0v) is 14.1. The molecule has 1 aromatic heterocycles. The fourth-order valence-corrected chi connectivity index (χ4v) is 2.59. The van der Waals surface area contributed by atoms with E-state index in [0.717, 1.165) is 12.1 Å². The minimum atomic E-state index is -1.55. The molecule has 0 aliphatic heterocycles. The minimum Gasteiger partial charge on any atom is -0.489 e. The van der Waals surface area contributed by atoms with Gasteiger partial charge in [-0.05, 0) is 24.1 Å². The van der Waals surface area contributed by atoms with Gasteiger partial charge in [-0.1, -0.05) is 24.3 Å². The number of benzene rings is 2. The summed E-state index contributed by atoms with van der Waals surface area (Å²) in [7, 11) is 0. The van der Waals surface area contributed by atoms with Gasteiger partial charge in [-0.25, -0.2) is 13.2 Å². The number of nitrogens with zero attached hydrogens (tertiary/aromatic N) is 1. The van der Waals surface area contributed by atoms with Crippen molar-refractivity contribution in [3.05, 3.63) is 87.1 Å². The maximum absolute atomic E-state index is 13.2. The van der Waals surface area contributed by atoms with E-state index in [9.17, 15) is 23.2 Å². The normalized spacial score (nSPS) is 10.5. The lowest BCUT2D eigenvalue weighted by Crippen LogP contribution is -2.12. The summed E-state index contributed by atoms with van der Waals surface area (Å²) < 4.78 is 44.6. The van der Waals surface area contributed by atoms with E-state index < -0.39 is 23.0 Å². The molecule has 27 heavy (non-hydrogen) atoms. The van der Waals surface area contributed by atoms with Gasteiger partial charge in [0.1, 0.15) is 24.0 Å². The van der Waals surface area contributed by atoms with Crippen LogP contribution in [0.15, 0.2) is 47.3 Å². The Morgan fingerprint density at radius 3 is 2.30 bits per heavy atom. The SMILES string of the molecule is Cc1cc(-c2ccc(COc3cc(F)c(F)c(F)c3)cc2)c(C#N)c(=O)[nH]1. The van der Waals surface area contributed by atoms with Gasteiger partial charge in [0.25, 0.3) is 5.56 Å². The van der Waals surface area contributed by atoms with Gasteiger partial charge in [-0.3, -0.25) is 4.79 Å². The van der Waals surface area contributed by atoms with Crippen molar-refractivity contribution >= 4 is 0 Å². The van der Waals surface area contributed by atoms with Crippen molar-refractivity contribution in [3.63, 3.8) is 0 Å². The Bertz CT molecular complexity index is 1080. The second-order valence-electron chi connectivity index (χ2n) is 5.87. The summed E-state index contributed by atoms with van der Waals surface area (Å²) in [6.45, 7) is 1.72.